The highest BCUT2D eigenvalue weighted by atomic mass is 16.3. The van der Waals surface area contributed by atoms with E-state index in [1.807, 2.05) is 53.4 Å². The van der Waals surface area contributed by atoms with Gasteiger partial charge in [-0.1, -0.05) is 60.7 Å². The molecule has 3 heterocycles. The van der Waals surface area contributed by atoms with Crippen LogP contribution in [0.25, 0.3) is 22.4 Å². The number of aliphatic hydroxyl groups excluding tert-OH is 1. The van der Waals surface area contributed by atoms with Crippen LogP contribution in [0.1, 0.15) is 35.8 Å². The molecule has 1 fully saturated rings. The minimum absolute atomic E-state index is 0.0524. The van der Waals surface area contributed by atoms with Crippen LogP contribution in [0.15, 0.2) is 66.7 Å². The van der Waals surface area contributed by atoms with Crippen molar-refractivity contribution in [2.24, 2.45) is 0 Å². The van der Waals surface area contributed by atoms with Crippen molar-refractivity contribution in [1.29, 1.82) is 0 Å². The van der Waals surface area contributed by atoms with Crippen LogP contribution in [-0.4, -0.2) is 69.6 Å². The van der Waals surface area contributed by atoms with Gasteiger partial charge in [0.05, 0.1) is 12.0 Å². The first kappa shape index (κ1) is 25.4. The number of anilines is 1. The number of benzene rings is 2. The standard InChI is InChI=1S/C29H32N6O3/c1-20(37)30-14-15-31-26-23-18-24(32-27(23)34-25(33-26)21-8-4-2-5-9-21)28(38)35-16-12-29(19-36,13-17-35)22-10-6-3-7-11-22/h2-11,18,36H,12-17,19H2,1H3,(H,30,37)(H2,31,32,33,34). The fourth-order valence-electron chi connectivity index (χ4n) is 5.03. The van der Waals surface area contributed by atoms with Crippen molar-refractivity contribution in [3.63, 3.8) is 0 Å². The van der Waals surface area contributed by atoms with Gasteiger partial charge in [-0.25, -0.2) is 9.97 Å². The maximum Gasteiger partial charge on any atom is 0.270 e. The number of nitrogens with one attached hydrogen (secondary N) is 3. The molecule has 0 aliphatic carbocycles. The highest BCUT2D eigenvalue weighted by molar-refractivity contribution is 6.00. The minimum Gasteiger partial charge on any atom is -0.395 e. The fraction of sp³-hybridized carbons (Fsp3) is 0.310. The number of piperidine rings is 1. The van der Waals surface area contributed by atoms with Gasteiger partial charge in [-0.05, 0) is 24.5 Å². The Balaban J connectivity index is 1.39. The minimum atomic E-state index is -0.334. The molecular formula is C29H32N6O3. The topological polar surface area (TPSA) is 123 Å². The number of H-pyrrole nitrogens is 1. The Morgan fingerprint density at radius 3 is 2.34 bits per heavy atom. The van der Waals surface area contributed by atoms with Gasteiger partial charge in [-0.3, -0.25) is 9.59 Å². The van der Waals surface area contributed by atoms with Crippen molar-refractivity contribution in [2.45, 2.75) is 25.2 Å². The lowest BCUT2D eigenvalue weighted by atomic mass is 9.73. The maximum atomic E-state index is 13.5. The number of aromatic nitrogens is 3. The SMILES string of the molecule is CC(=O)NCCNc1nc(-c2ccccc2)nc2[nH]c(C(=O)N3CCC(CO)(c4ccccc4)CC3)cc12. The summed E-state index contributed by atoms with van der Waals surface area (Å²) in [5, 5.41) is 17.0. The van der Waals surface area contributed by atoms with E-state index < -0.39 is 0 Å². The molecule has 2 aromatic carbocycles. The third-order valence-electron chi connectivity index (χ3n) is 7.24. The Labute approximate surface area is 221 Å². The number of likely N-dealkylation sites (tertiary alicyclic amines) is 1. The van der Waals surface area contributed by atoms with E-state index in [0.29, 0.717) is 67.4 Å². The van der Waals surface area contributed by atoms with E-state index in [1.165, 1.54) is 6.92 Å². The van der Waals surface area contributed by atoms with E-state index in [2.05, 4.69) is 27.8 Å². The van der Waals surface area contributed by atoms with Gasteiger partial charge in [0.2, 0.25) is 5.91 Å². The number of carbonyl (C=O) groups is 2. The van der Waals surface area contributed by atoms with E-state index in [9.17, 15) is 14.7 Å². The molecule has 4 N–H and O–H groups in total. The first-order chi connectivity index (χ1) is 18.5. The average molecular weight is 513 g/mol. The Morgan fingerprint density at radius 2 is 1.68 bits per heavy atom. The van der Waals surface area contributed by atoms with E-state index in [1.54, 1.807) is 6.07 Å². The zero-order chi connectivity index (χ0) is 26.5. The Bertz CT molecular complexity index is 1410. The largest absolute Gasteiger partial charge is 0.395 e. The molecule has 9 nitrogen and oxygen atoms in total. The van der Waals surface area contributed by atoms with Crippen LogP contribution in [0.4, 0.5) is 5.82 Å². The van der Waals surface area contributed by atoms with Gasteiger partial charge >= 0.3 is 0 Å². The van der Waals surface area contributed by atoms with E-state index in [-0.39, 0.29) is 23.8 Å². The molecule has 0 spiro atoms. The van der Waals surface area contributed by atoms with Crippen LogP contribution in [-0.2, 0) is 10.2 Å². The summed E-state index contributed by atoms with van der Waals surface area (Å²) in [4.78, 5) is 39.3. The molecule has 5 rings (SSSR count). The lowest BCUT2D eigenvalue weighted by molar-refractivity contribution is -0.118. The monoisotopic (exact) mass is 512 g/mol. The second kappa shape index (κ2) is 11.0. The second-order valence-electron chi connectivity index (χ2n) is 9.71. The quantitative estimate of drug-likeness (QED) is 0.269. The van der Waals surface area contributed by atoms with Gasteiger partial charge in [0, 0.05) is 44.1 Å². The normalized spacial score (nSPS) is 14.8. The number of aromatic amines is 1. The smallest absolute Gasteiger partial charge is 0.270 e. The molecule has 38 heavy (non-hydrogen) atoms. The van der Waals surface area contributed by atoms with Gasteiger partial charge < -0.3 is 25.6 Å². The van der Waals surface area contributed by atoms with Crippen molar-refractivity contribution in [2.75, 3.05) is 38.1 Å². The first-order valence-electron chi connectivity index (χ1n) is 12.9. The highest BCUT2D eigenvalue weighted by Gasteiger charge is 2.37. The number of carbonyl (C=O) groups excluding carboxylic acids is 2. The van der Waals surface area contributed by atoms with Gasteiger partial charge in [0.25, 0.3) is 5.91 Å². The summed E-state index contributed by atoms with van der Waals surface area (Å²) in [6.45, 7) is 3.55. The molecule has 0 saturated carbocycles. The second-order valence-corrected chi connectivity index (χ2v) is 9.71. The molecule has 2 amide bonds. The van der Waals surface area contributed by atoms with Gasteiger partial charge in [-0.2, -0.15) is 0 Å². The number of rotatable bonds is 8. The van der Waals surface area contributed by atoms with Crippen LogP contribution in [0.5, 0.6) is 0 Å². The third-order valence-corrected chi connectivity index (χ3v) is 7.24. The molecule has 0 bridgehead atoms. The summed E-state index contributed by atoms with van der Waals surface area (Å²) in [7, 11) is 0. The highest BCUT2D eigenvalue weighted by Crippen LogP contribution is 2.36. The summed E-state index contributed by atoms with van der Waals surface area (Å²) in [5.74, 6) is 0.928. The predicted molar refractivity (Wildman–Crippen MR) is 147 cm³/mol. The van der Waals surface area contributed by atoms with Crippen molar-refractivity contribution in [1.82, 2.24) is 25.2 Å². The Kier molecular flexibility index (Phi) is 7.37. The van der Waals surface area contributed by atoms with Crippen molar-refractivity contribution >= 4 is 28.7 Å². The zero-order valence-electron chi connectivity index (χ0n) is 21.4. The molecule has 1 saturated heterocycles. The maximum absolute atomic E-state index is 13.5. The Hall–Kier alpha value is -4.24. The summed E-state index contributed by atoms with van der Waals surface area (Å²) < 4.78 is 0. The fourth-order valence-corrected chi connectivity index (χ4v) is 5.03. The molecule has 0 radical (unpaired) electrons. The van der Waals surface area contributed by atoms with Crippen molar-refractivity contribution in [3.05, 3.63) is 78.0 Å². The third kappa shape index (κ3) is 5.24. The van der Waals surface area contributed by atoms with Crippen LogP contribution >= 0.6 is 0 Å². The Morgan fingerprint density at radius 1 is 1.00 bits per heavy atom. The van der Waals surface area contributed by atoms with E-state index in [4.69, 9.17) is 9.97 Å². The zero-order valence-corrected chi connectivity index (χ0v) is 21.4. The van der Waals surface area contributed by atoms with Crippen LogP contribution in [0.3, 0.4) is 0 Å². The van der Waals surface area contributed by atoms with Crippen molar-refractivity contribution in [3.8, 4) is 11.4 Å². The van der Waals surface area contributed by atoms with Crippen LogP contribution in [0, 0.1) is 0 Å². The summed E-state index contributed by atoms with van der Waals surface area (Å²) in [6.07, 6.45) is 1.38. The molecule has 9 heteroatoms. The molecule has 0 atom stereocenters. The average Bonchev–Trinajstić information content (AvgIpc) is 3.40. The van der Waals surface area contributed by atoms with Gasteiger partial charge in [0.15, 0.2) is 5.82 Å². The molecular weight excluding hydrogens is 480 g/mol. The molecule has 4 aromatic rings. The van der Waals surface area contributed by atoms with E-state index in [0.717, 1.165) is 11.1 Å². The molecule has 196 valence electrons. The van der Waals surface area contributed by atoms with Gasteiger partial charge in [-0.15, -0.1) is 0 Å². The summed E-state index contributed by atoms with van der Waals surface area (Å²) in [5.41, 5.74) is 2.65. The lowest BCUT2D eigenvalue weighted by Crippen LogP contribution is -2.47. The number of amides is 2. The number of hydrogen-bond acceptors (Lipinski definition) is 6. The van der Waals surface area contributed by atoms with Crippen molar-refractivity contribution < 1.29 is 14.7 Å². The number of hydrogen-bond donors (Lipinski definition) is 4. The van der Waals surface area contributed by atoms with Gasteiger partial charge in [0.1, 0.15) is 17.2 Å². The molecule has 2 aromatic heterocycles. The first-order valence-corrected chi connectivity index (χ1v) is 12.9. The molecule has 1 aliphatic rings. The van der Waals surface area contributed by atoms with Crippen LogP contribution < -0.4 is 10.6 Å². The van der Waals surface area contributed by atoms with Crippen LogP contribution in [0.2, 0.25) is 0 Å². The summed E-state index contributed by atoms with van der Waals surface area (Å²) in [6, 6.07) is 21.5. The molecule has 1 aliphatic heterocycles. The molecule has 0 unspecified atom stereocenters. The summed E-state index contributed by atoms with van der Waals surface area (Å²) >= 11 is 0. The van der Waals surface area contributed by atoms with E-state index >= 15 is 0 Å². The number of nitrogens with zero attached hydrogens (tertiary/aromatic N) is 3. The number of aliphatic hydroxyl groups is 1. The predicted octanol–water partition coefficient (Wildman–Crippen LogP) is 3.34. The number of fused-ring (bicyclic) bond motifs is 1. The lowest BCUT2D eigenvalue weighted by Gasteiger charge is -2.41.